The summed E-state index contributed by atoms with van der Waals surface area (Å²) in [5, 5.41) is 0.793. The SMILES string of the molecule is O=C(COC(=O)c1ccccc1C(=O)c1ccccc1)c1cc2ccccc2o1. The molecule has 1 aromatic heterocycles. The van der Waals surface area contributed by atoms with Crippen LogP contribution < -0.4 is 0 Å². The summed E-state index contributed by atoms with van der Waals surface area (Å²) in [6.07, 6.45) is 0. The highest BCUT2D eigenvalue weighted by Gasteiger charge is 2.21. The van der Waals surface area contributed by atoms with E-state index in [0.717, 1.165) is 5.39 Å². The van der Waals surface area contributed by atoms with Crippen molar-refractivity contribution < 1.29 is 23.5 Å². The number of carbonyl (C=O) groups is 3. The highest BCUT2D eigenvalue weighted by atomic mass is 16.5. The van der Waals surface area contributed by atoms with Crippen molar-refractivity contribution in [2.24, 2.45) is 0 Å². The molecule has 0 aliphatic heterocycles. The predicted octanol–water partition coefficient (Wildman–Crippen LogP) is 4.70. The van der Waals surface area contributed by atoms with Gasteiger partial charge in [0.15, 0.2) is 18.2 Å². The summed E-state index contributed by atoms with van der Waals surface area (Å²) in [4.78, 5) is 37.6. The van der Waals surface area contributed by atoms with Gasteiger partial charge in [0.2, 0.25) is 5.78 Å². The normalized spacial score (nSPS) is 10.6. The molecule has 0 amide bonds. The molecule has 0 fully saturated rings. The zero-order chi connectivity index (χ0) is 20.2. The Balaban J connectivity index is 1.50. The van der Waals surface area contributed by atoms with Crippen molar-refractivity contribution in [1.82, 2.24) is 0 Å². The van der Waals surface area contributed by atoms with Crippen LogP contribution in [-0.2, 0) is 4.74 Å². The molecule has 0 N–H and O–H groups in total. The van der Waals surface area contributed by atoms with Crippen LogP contribution in [0.15, 0.2) is 89.3 Å². The van der Waals surface area contributed by atoms with Crippen LogP contribution in [0, 0.1) is 0 Å². The Kier molecular flexibility index (Phi) is 5.03. The van der Waals surface area contributed by atoms with Gasteiger partial charge in [0.05, 0.1) is 5.56 Å². The monoisotopic (exact) mass is 384 g/mol. The van der Waals surface area contributed by atoms with E-state index in [1.807, 2.05) is 12.1 Å². The minimum absolute atomic E-state index is 0.110. The number of carbonyl (C=O) groups excluding carboxylic acids is 3. The molecule has 0 aliphatic carbocycles. The van der Waals surface area contributed by atoms with Crippen molar-refractivity contribution >= 4 is 28.5 Å². The summed E-state index contributed by atoms with van der Waals surface area (Å²) in [5.74, 6) is -1.37. The molecule has 0 radical (unpaired) electrons. The van der Waals surface area contributed by atoms with Gasteiger partial charge in [-0.15, -0.1) is 0 Å². The van der Waals surface area contributed by atoms with E-state index in [2.05, 4.69) is 0 Å². The second kappa shape index (κ2) is 7.94. The minimum atomic E-state index is -0.741. The molecule has 29 heavy (non-hydrogen) atoms. The molecule has 5 heteroatoms. The first kappa shape index (κ1) is 18.4. The summed E-state index contributed by atoms with van der Waals surface area (Å²) in [5.41, 5.74) is 1.38. The summed E-state index contributed by atoms with van der Waals surface area (Å²) in [7, 11) is 0. The molecular weight excluding hydrogens is 368 g/mol. The van der Waals surface area contributed by atoms with Crippen LogP contribution in [0.5, 0.6) is 0 Å². The molecule has 0 spiro atoms. The second-order valence-electron chi connectivity index (χ2n) is 6.39. The van der Waals surface area contributed by atoms with Gasteiger partial charge in [0.1, 0.15) is 5.58 Å². The number of ketones is 2. The topological polar surface area (TPSA) is 73.6 Å². The number of Topliss-reactive ketones (excluding diaryl/α,β-unsaturated/α-hetero) is 1. The third-order valence-electron chi connectivity index (χ3n) is 4.46. The lowest BCUT2D eigenvalue weighted by molar-refractivity contribution is 0.0466. The van der Waals surface area contributed by atoms with Gasteiger partial charge in [-0.25, -0.2) is 4.79 Å². The second-order valence-corrected chi connectivity index (χ2v) is 6.39. The first-order valence-corrected chi connectivity index (χ1v) is 9.01. The van der Waals surface area contributed by atoms with E-state index in [-0.39, 0.29) is 22.7 Å². The number of para-hydroxylation sites is 1. The summed E-state index contributed by atoms with van der Waals surface area (Å²) < 4.78 is 10.7. The average Bonchev–Trinajstić information content (AvgIpc) is 3.22. The Morgan fingerprint density at radius 3 is 2.17 bits per heavy atom. The van der Waals surface area contributed by atoms with Crippen LogP contribution in [0.3, 0.4) is 0 Å². The fourth-order valence-corrected chi connectivity index (χ4v) is 3.00. The maximum absolute atomic E-state index is 12.7. The van der Waals surface area contributed by atoms with Gasteiger partial charge in [-0.2, -0.15) is 0 Å². The van der Waals surface area contributed by atoms with Gasteiger partial charge in [0.25, 0.3) is 0 Å². The molecular formula is C24H16O5. The molecule has 4 rings (SSSR count). The molecule has 0 unspecified atom stereocenters. The van der Waals surface area contributed by atoms with E-state index in [4.69, 9.17) is 9.15 Å². The molecule has 0 saturated carbocycles. The van der Waals surface area contributed by atoms with Crippen molar-refractivity contribution in [3.8, 4) is 0 Å². The summed E-state index contributed by atoms with van der Waals surface area (Å²) in [6.45, 7) is -0.480. The van der Waals surface area contributed by atoms with E-state index >= 15 is 0 Å². The zero-order valence-electron chi connectivity index (χ0n) is 15.3. The van der Waals surface area contributed by atoms with Crippen LogP contribution in [0.2, 0.25) is 0 Å². The van der Waals surface area contributed by atoms with Crippen LogP contribution in [0.1, 0.15) is 36.8 Å². The third-order valence-corrected chi connectivity index (χ3v) is 4.46. The smallest absolute Gasteiger partial charge is 0.339 e. The number of rotatable bonds is 6. The highest BCUT2D eigenvalue weighted by Crippen LogP contribution is 2.20. The Morgan fingerprint density at radius 1 is 0.759 bits per heavy atom. The molecule has 3 aromatic carbocycles. The number of hydrogen-bond acceptors (Lipinski definition) is 5. The maximum Gasteiger partial charge on any atom is 0.339 e. The van der Waals surface area contributed by atoms with Gasteiger partial charge < -0.3 is 9.15 Å². The van der Waals surface area contributed by atoms with Crippen molar-refractivity contribution in [3.05, 3.63) is 107 Å². The van der Waals surface area contributed by atoms with Crippen LogP contribution in [0.25, 0.3) is 11.0 Å². The number of fused-ring (bicyclic) bond motifs is 1. The average molecular weight is 384 g/mol. The highest BCUT2D eigenvalue weighted by molar-refractivity contribution is 6.14. The van der Waals surface area contributed by atoms with E-state index < -0.39 is 18.4 Å². The van der Waals surface area contributed by atoms with Crippen molar-refractivity contribution in [3.63, 3.8) is 0 Å². The molecule has 0 bridgehead atoms. The van der Waals surface area contributed by atoms with Gasteiger partial charge in [-0.1, -0.05) is 66.7 Å². The van der Waals surface area contributed by atoms with Gasteiger partial charge in [-0.05, 0) is 18.2 Å². The Morgan fingerprint density at radius 2 is 1.41 bits per heavy atom. The maximum atomic E-state index is 12.7. The van der Waals surface area contributed by atoms with E-state index in [0.29, 0.717) is 11.1 Å². The fourth-order valence-electron chi connectivity index (χ4n) is 3.00. The molecule has 5 nitrogen and oxygen atoms in total. The molecule has 0 aliphatic rings. The molecule has 0 saturated heterocycles. The molecule has 4 aromatic rings. The van der Waals surface area contributed by atoms with Gasteiger partial charge in [-0.3, -0.25) is 9.59 Å². The van der Waals surface area contributed by atoms with Crippen molar-refractivity contribution in [1.29, 1.82) is 0 Å². The number of ether oxygens (including phenoxy) is 1. The number of benzene rings is 3. The number of furan rings is 1. The van der Waals surface area contributed by atoms with Gasteiger partial charge in [0, 0.05) is 16.5 Å². The lowest BCUT2D eigenvalue weighted by Crippen LogP contribution is -2.17. The Labute approximate surface area is 166 Å². The van der Waals surface area contributed by atoms with Crippen LogP contribution in [-0.4, -0.2) is 24.1 Å². The standard InChI is InChI=1S/C24H16O5/c25-20(22-14-17-10-4-7-13-21(17)29-22)15-28-24(27)19-12-6-5-11-18(19)23(26)16-8-2-1-3-9-16/h1-14H,15H2. The van der Waals surface area contributed by atoms with Crippen molar-refractivity contribution in [2.75, 3.05) is 6.61 Å². The Hall–Kier alpha value is -3.99. The van der Waals surface area contributed by atoms with Crippen LogP contribution >= 0.6 is 0 Å². The molecule has 142 valence electrons. The third kappa shape index (κ3) is 3.84. The first-order chi connectivity index (χ1) is 14.1. The summed E-state index contributed by atoms with van der Waals surface area (Å²) in [6, 6.07) is 23.9. The first-order valence-electron chi connectivity index (χ1n) is 9.01. The molecule has 1 heterocycles. The van der Waals surface area contributed by atoms with Crippen molar-refractivity contribution in [2.45, 2.75) is 0 Å². The van der Waals surface area contributed by atoms with E-state index in [9.17, 15) is 14.4 Å². The quantitative estimate of drug-likeness (QED) is 0.356. The number of esters is 1. The largest absolute Gasteiger partial charge is 0.454 e. The van der Waals surface area contributed by atoms with E-state index in [1.165, 1.54) is 6.07 Å². The number of hydrogen-bond donors (Lipinski definition) is 0. The lowest BCUT2D eigenvalue weighted by Gasteiger charge is -2.08. The molecule has 0 atom stereocenters. The minimum Gasteiger partial charge on any atom is -0.454 e. The zero-order valence-corrected chi connectivity index (χ0v) is 15.3. The predicted molar refractivity (Wildman–Crippen MR) is 107 cm³/mol. The van der Waals surface area contributed by atoms with Gasteiger partial charge >= 0.3 is 5.97 Å². The van der Waals surface area contributed by atoms with E-state index in [1.54, 1.807) is 66.7 Å². The van der Waals surface area contributed by atoms with Crippen LogP contribution in [0.4, 0.5) is 0 Å². The fraction of sp³-hybridized carbons (Fsp3) is 0.0417. The lowest BCUT2D eigenvalue weighted by atomic mass is 9.98. The summed E-state index contributed by atoms with van der Waals surface area (Å²) >= 11 is 0. The Bertz CT molecular complexity index is 1170.